The second-order valence-corrected chi connectivity index (χ2v) is 9.31. The number of fused-ring (bicyclic) bond motifs is 8. The number of rotatable bonds is 2. The molecule has 9 aromatic rings. The van der Waals surface area contributed by atoms with E-state index in [2.05, 4.69) is 0 Å². The van der Waals surface area contributed by atoms with E-state index in [0.29, 0.717) is 32.9 Å². The Balaban J connectivity index is 1.69. The minimum absolute atomic E-state index is 0.0384. The molecule has 0 N–H and O–H groups in total. The van der Waals surface area contributed by atoms with E-state index in [4.69, 9.17) is 22.5 Å². The summed E-state index contributed by atoms with van der Waals surface area (Å²) in [6.45, 7) is 0. The van der Waals surface area contributed by atoms with Gasteiger partial charge in [-0.25, -0.2) is 0 Å². The lowest BCUT2D eigenvalue weighted by Gasteiger charge is -2.19. The maximum Gasteiger partial charge on any atom is 0.147 e. The highest BCUT2D eigenvalue weighted by Gasteiger charge is 2.23. The van der Waals surface area contributed by atoms with Crippen molar-refractivity contribution in [1.29, 1.82) is 0 Å². The topological polar surface area (TPSA) is 26.3 Å². The normalized spacial score (nSPS) is 17.2. The zero-order valence-electron chi connectivity index (χ0n) is 35.4. The second kappa shape index (κ2) is 8.08. The summed E-state index contributed by atoms with van der Waals surface area (Å²) in [5, 5.41) is -0.387. The highest BCUT2D eigenvalue weighted by Crippen LogP contribution is 2.49. The van der Waals surface area contributed by atoms with Crippen molar-refractivity contribution in [2.24, 2.45) is 0 Å². The van der Waals surface area contributed by atoms with Crippen LogP contribution < -0.4 is 0 Å². The lowest BCUT2D eigenvalue weighted by molar-refractivity contribution is 0.615. The standard InChI is InChI=1S/C38H22O2/c1-2-12-24-23(10-1)11-9-18-25(24)35-26-13-3-5-15-28(26)36(29-16-6-4-14-27(29)35)32-22-34-31(20-21-39-34)38-37(32)30-17-7-8-19-33(30)40-38/h1-22H/i1D,2D,3D,4D,5D,6D,9D,10D,11D,12D,13D,14D,15D,16D,18D. The summed E-state index contributed by atoms with van der Waals surface area (Å²) in [6, 6.07) is -0.112. The molecule has 2 nitrogen and oxygen atoms in total. The average molecular weight is 526 g/mol. The molecule has 0 bridgehead atoms. The first kappa shape index (κ1) is 11.8. The molecular formula is C38H22O2. The predicted octanol–water partition coefficient (Wildman–Crippen LogP) is 11.1. The number of benzene rings is 7. The van der Waals surface area contributed by atoms with Crippen LogP contribution >= 0.6 is 0 Å². The molecule has 0 radical (unpaired) electrons. The van der Waals surface area contributed by atoms with E-state index in [9.17, 15) is 6.85 Å². The van der Waals surface area contributed by atoms with Gasteiger partial charge in [0, 0.05) is 10.8 Å². The summed E-state index contributed by atoms with van der Waals surface area (Å²) in [5.41, 5.74) is 0.458. The number of hydrogen-bond donors (Lipinski definition) is 0. The van der Waals surface area contributed by atoms with E-state index in [1.165, 1.54) is 6.26 Å². The molecule has 2 aromatic heterocycles. The van der Waals surface area contributed by atoms with Crippen molar-refractivity contribution in [2.45, 2.75) is 0 Å². The third kappa shape index (κ3) is 2.88. The van der Waals surface area contributed by atoms with Crippen LogP contribution in [0.25, 0.3) is 87.5 Å². The fourth-order valence-electron chi connectivity index (χ4n) is 5.67. The molecule has 2 heterocycles. The Morgan fingerprint density at radius 2 is 1.12 bits per heavy atom. The third-order valence-corrected chi connectivity index (χ3v) is 7.29. The molecule has 2 heteroatoms. The van der Waals surface area contributed by atoms with Gasteiger partial charge in [-0.05, 0) is 72.8 Å². The fourth-order valence-corrected chi connectivity index (χ4v) is 5.67. The van der Waals surface area contributed by atoms with E-state index < -0.39 is 107 Å². The van der Waals surface area contributed by atoms with E-state index in [1.54, 1.807) is 36.4 Å². The maximum absolute atomic E-state index is 9.40. The van der Waals surface area contributed by atoms with Gasteiger partial charge in [-0.2, -0.15) is 0 Å². The molecule has 0 atom stereocenters. The monoisotopic (exact) mass is 525 g/mol. The molecule has 0 aliphatic carbocycles. The molecule has 0 saturated carbocycles. The maximum atomic E-state index is 9.40. The van der Waals surface area contributed by atoms with E-state index in [0.717, 1.165) is 0 Å². The Morgan fingerprint density at radius 3 is 1.88 bits per heavy atom. The molecule has 0 amide bonds. The van der Waals surface area contributed by atoms with E-state index in [-0.39, 0.29) is 38.2 Å². The van der Waals surface area contributed by atoms with Gasteiger partial charge in [0.05, 0.1) is 32.2 Å². The minimum atomic E-state index is -0.769. The molecule has 0 aliphatic rings. The molecule has 9 rings (SSSR count). The first-order valence-electron chi connectivity index (χ1n) is 19.9. The Labute approximate surface area is 250 Å². The van der Waals surface area contributed by atoms with Gasteiger partial charge in [-0.3, -0.25) is 0 Å². The van der Waals surface area contributed by atoms with Crippen molar-refractivity contribution < 1.29 is 29.4 Å². The first-order chi connectivity index (χ1) is 26.1. The van der Waals surface area contributed by atoms with Crippen molar-refractivity contribution in [3.63, 3.8) is 0 Å². The quantitative estimate of drug-likeness (QED) is 0.210. The van der Waals surface area contributed by atoms with Gasteiger partial charge in [-0.15, -0.1) is 0 Å². The number of para-hydroxylation sites is 1. The molecule has 40 heavy (non-hydrogen) atoms. The zero-order chi connectivity index (χ0) is 39.3. The summed E-state index contributed by atoms with van der Waals surface area (Å²) >= 11 is 0. The summed E-state index contributed by atoms with van der Waals surface area (Å²) < 4.78 is 146. The summed E-state index contributed by atoms with van der Waals surface area (Å²) in [6.07, 6.45) is 1.44. The molecule has 0 saturated heterocycles. The van der Waals surface area contributed by atoms with Crippen LogP contribution in [0.4, 0.5) is 0 Å². The van der Waals surface area contributed by atoms with Gasteiger partial charge >= 0.3 is 0 Å². The highest BCUT2D eigenvalue weighted by atomic mass is 16.3. The Hall–Kier alpha value is -5.34. The summed E-state index contributed by atoms with van der Waals surface area (Å²) in [5.74, 6) is 0. The molecule has 0 fully saturated rings. The van der Waals surface area contributed by atoms with Crippen molar-refractivity contribution in [1.82, 2.24) is 0 Å². The Kier molecular flexibility index (Phi) is 2.39. The van der Waals surface area contributed by atoms with Crippen LogP contribution in [-0.4, -0.2) is 0 Å². The zero-order valence-corrected chi connectivity index (χ0v) is 20.4. The first-order valence-corrected chi connectivity index (χ1v) is 12.4. The van der Waals surface area contributed by atoms with Crippen LogP contribution in [0.5, 0.6) is 0 Å². The number of hydrogen-bond acceptors (Lipinski definition) is 2. The molecule has 0 spiro atoms. The second-order valence-electron chi connectivity index (χ2n) is 9.31. The minimum Gasteiger partial charge on any atom is -0.464 e. The van der Waals surface area contributed by atoms with Crippen LogP contribution in [-0.2, 0) is 0 Å². The SMILES string of the molecule is [2H]c1c([2H])c([2H])c2c(-c3c4c([2H])c([2H])c([2H])c([2H])c4c(-c4cc5occc5c5oc6ccccc6c45)c4c([2H])c([2H])c([2H])c([2H])c34)c([2H])c([2H])c([2H])c2c1[2H]. The largest absolute Gasteiger partial charge is 0.464 e. The van der Waals surface area contributed by atoms with Gasteiger partial charge in [0.25, 0.3) is 0 Å². The van der Waals surface area contributed by atoms with Crippen molar-refractivity contribution >= 4 is 65.2 Å². The third-order valence-electron chi connectivity index (χ3n) is 7.29. The summed E-state index contributed by atoms with van der Waals surface area (Å²) in [7, 11) is 0. The smallest absolute Gasteiger partial charge is 0.147 e. The van der Waals surface area contributed by atoms with Crippen molar-refractivity contribution in [3.8, 4) is 22.3 Å². The van der Waals surface area contributed by atoms with E-state index >= 15 is 0 Å². The fraction of sp³-hybridized carbons (Fsp3) is 0. The van der Waals surface area contributed by atoms with Gasteiger partial charge < -0.3 is 8.83 Å². The van der Waals surface area contributed by atoms with Crippen LogP contribution in [0.1, 0.15) is 20.6 Å². The van der Waals surface area contributed by atoms with Crippen LogP contribution in [0, 0.1) is 0 Å². The number of furan rings is 2. The summed E-state index contributed by atoms with van der Waals surface area (Å²) in [4.78, 5) is 0. The molecule has 0 unspecified atom stereocenters. The highest BCUT2D eigenvalue weighted by molar-refractivity contribution is 6.29. The predicted molar refractivity (Wildman–Crippen MR) is 167 cm³/mol. The lowest BCUT2D eigenvalue weighted by Crippen LogP contribution is -1.92. The Bertz CT molecular complexity index is 3180. The average Bonchev–Trinajstić information content (AvgIpc) is 3.82. The lowest BCUT2D eigenvalue weighted by atomic mass is 9.83. The van der Waals surface area contributed by atoms with Crippen LogP contribution in [0.2, 0.25) is 0 Å². The van der Waals surface area contributed by atoms with Crippen LogP contribution in [0.15, 0.2) is 142 Å². The van der Waals surface area contributed by atoms with E-state index in [1.807, 2.05) is 0 Å². The van der Waals surface area contributed by atoms with Gasteiger partial charge in [-0.1, -0.05) is 109 Å². The van der Waals surface area contributed by atoms with Gasteiger partial charge in [0.15, 0.2) is 0 Å². The van der Waals surface area contributed by atoms with Gasteiger partial charge in [0.2, 0.25) is 0 Å². The van der Waals surface area contributed by atoms with Gasteiger partial charge in [0.1, 0.15) is 16.7 Å². The molecule has 7 aromatic carbocycles. The van der Waals surface area contributed by atoms with Crippen molar-refractivity contribution in [3.05, 3.63) is 133 Å². The van der Waals surface area contributed by atoms with Crippen LogP contribution in [0.3, 0.4) is 0 Å². The Morgan fingerprint density at radius 1 is 0.500 bits per heavy atom. The molecule has 0 aliphatic heterocycles. The van der Waals surface area contributed by atoms with Crippen molar-refractivity contribution in [2.75, 3.05) is 0 Å². The molecule has 186 valence electrons. The molecular weight excluding hydrogens is 488 g/mol.